The van der Waals surface area contributed by atoms with Gasteiger partial charge in [-0.15, -0.1) is 0 Å². The highest BCUT2D eigenvalue weighted by molar-refractivity contribution is 5.27. The van der Waals surface area contributed by atoms with Gasteiger partial charge < -0.3 is 10.1 Å². The van der Waals surface area contributed by atoms with Crippen LogP contribution in [0.15, 0.2) is 24.3 Å². The molecule has 0 heterocycles. The van der Waals surface area contributed by atoms with E-state index in [0.29, 0.717) is 11.5 Å². The molecule has 1 aliphatic carbocycles. The molecule has 1 N–H and O–H groups in total. The molecule has 2 nitrogen and oxygen atoms in total. The fourth-order valence-corrected chi connectivity index (χ4v) is 3.45. The maximum absolute atomic E-state index is 6.35. The molecule has 2 heteroatoms. The van der Waals surface area contributed by atoms with Crippen molar-refractivity contribution in [1.29, 1.82) is 0 Å². The normalized spacial score (nSPS) is 26.6. The first-order chi connectivity index (χ1) is 9.96. The monoisotopic (exact) mass is 289 g/mol. The molecule has 0 amide bonds. The van der Waals surface area contributed by atoms with Gasteiger partial charge in [-0.25, -0.2) is 0 Å². The van der Waals surface area contributed by atoms with E-state index >= 15 is 0 Å². The Morgan fingerprint density at radius 3 is 2.67 bits per heavy atom. The molecule has 0 saturated heterocycles. The van der Waals surface area contributed by atoms with E-state index in [2.05, 4.69) is 64.3 Å². The second-order valence-electron chi connectivity index (χ2n) is 7.22. The van der Waals surface area contributed by atoms with Crippen molar-refractivity contribution in [2.75, 3.05) is 7.05 Å². The summed E-state index contributed by atoms with van der Waals surface area (Å²) < 4.78 is 6.35. The number of rotatable bonds is 5. The van der Waals surface area contributed by atoms with E-state index in [9.17, 15) is 0 Å². The molecule has 3 unspecified atom stereocenters. The van der Waals surface area contributed by atoms with Crippen LogP contribution >= 0.6 is 0 Å². The minimum Gasteiger partial charge on any atom is -0.489 e. The van der Waals surface area contributed by atoms with Crippen molar-refractivity contribution in [3.05, 3.63) is 29.8 Å². The topological polar surface area (TPSA) is 21.3 Å². The lowest BCUT2D eigenvalue weighted by molar-refractivity contribution is 0.0414. The Morgan fingerprint density at radius 1 is 1.29 bits per heavy atom. The first-order valence-corrected chi connectivity index (χ1v) is 8.37. The van der Waals surface area contributed by atoms with E-state index in [0.717, 1.165) is 18.1 Å². The molecule has 0 bridgehead atoms. The number of hydrogen-bond acceptors (Lipinski definition) is 2. The summed E-state index contributed by atoms with van der Waals surface area (Å²) in [7, 11) is 2.06. The summed E-state index contributed by atoms with van der Waals surface area (Å²) in [6, 6.07) is 8.88. The van der Waals surface area contributed by atoms with Gasteiger partial charge in [0.2, 0.25) is 0 Å². The van der Waals surface area contributed by atoms with Gasteiger partial charge in [0.15, 0.2) is 0 Å². The molecule has 0 aromatic heterocycles. The van der Waals surface area contributed by atoms with Crippen molar-refractivity contribution in [2.45, 2.75) is 65.5 Å². The maximum Gasteiger partial charge on any atom is 0.120 e. The molecule has 0 radical (unpaired) electrons. The second-order valence-corrected chi connectivity index (χ2v) is 7.22. The number of likely N-dealkylation sites (N-methyl/N-ethyl adjacent to an activating group) is 1. The molecular weight excluding hydrogens is 258 g/mol. The average molecular weight is 289 g/mol. The van der Waals surface area contributed by atoms with Crippen LogP contribution in [0.1, 0.15) is 52.0 Å². The van der Waals surface area contributed by atoms with Crippen LogP contribution in [0.25, 0.3) is 0 Å². The Bertz CT molecular complexity index is 455. The van der Waals surface area contributed by atoms with Crippen molar-refractivity contribution in [2.24, 2.45) is 11.3 Å². The summed E-state index contributed by atoms with van der Waals surface area (Å²) in [5, 5.41) is 3.45. The zero-order chi connectivity index (χ0) is 15.5. The third kappa shape index (κ3) is 4.00. The molecule has 0 spiro atoms. The molecule has 118 valence electrons. The van der Waals surface area contributed by atoms with Gasteiger partial charge >= 0.3 is 0 Å². The van der Waals surface area contributed by atoms with Gasteiger partial charge in [0.05, 0.1) is 0 Å². The van der Waals surface area contributed by atoms with Crippen LogP contribution in [-0.2, 0) is 0 Å². The summed E-state index contributed by atoms with van der Waals surface area (Å²) in [5.41, 5.74) is 1.67. The van der Waals surface area contributed by atoms with Crippen LogP contribution in [0, 0.1) is 18.3 Å². The minimum absolute atomic E-state index is 0.279. The number of nitrogens with one attached hydrogen (secondary N) is 1. The highest BCUT2D eigenvalue weighted by atomic mass is 16.5. The van der Waals surface area contributed by atoms with Crippen LogP contribution in [0.4, 0.5) is 0 Å². The van der Waals surface area contributed by atoms with Gasteiger partial charge in [0, 0.05) is 6.04 Å². The van der Waals surface area contributed by atoms with E-state index in [1.54, 1.807) is 0 Å². The van der Waals surface area contributed by atoms with Crippen molar-refractivity contribution < 1.29 is 4.74 Å². The van der Waals surface area contributed by atoms with Crippen molar-refractivity contribution in [3.63, 3.8) is 0 Å². The molecule has 1 saturated carbocycles. The predicted octanol–water partition coefficient (Wildman–Crippen LogP) is 4.57. The molecule has 0 aliphatic heterocycles. The van der Waals surface area contributed by atoms with Crippen LogP contribution < -0.4 is 10.1 Å². The lowest BCUT2D eigenvalue weighted by atomic mass is 9.68. The van der Waals surface area contributed by atoms with Gasteiger partial charge in [-0.05, 0) is 62.3 Å². The largest absolute Gasteiger partial charge is 0.489 e. The molecule has 2 rings (SSSR count). The third-order valence-corrected chi connectivity index (χ3v) is 5.46. The van der Waals surface area contributed by atoms with E-state index < -0.39 is 0 Å². The molecular formula is C19H31NO. The lowest BCUT2D eigenvalue weighted by Crippen LogP contribution is -2.48. The number of benzene rings is 1. The number of aryl methyl sites for hydroxylation is 1. The molecule has 1 aliphatic rings. The highest BCUT2D eigenvalue weighted by Gasteiger charge is 2.37. The maximum atomic E-state index is 6.35. The van der Waals surface area contributed by atoms with Crippen LogP contribution in [0.2, 0.25) is 0 Å². The minimum atomic E-state index is 0.279. The van der Waals surface area contributed by atoms with Gasteiger partial charge in [0.25, 0.3) is 0 Å². The highest BCUT2D eigenvalue weighted by Crippen LogP contribution is 2.41. The van der Waals surface area contributed by atoms with Crippen molar-refractivity contribution in [3.8, 4) is 5.75 Å². The van der Waals surface area contributed by atoms with E-state index in [1.807, 2.05) is 0 Å². The smallest absolute Gasteiger partial charge is 0.120 e. The standard InChI is InChI=1S/C19H31NO/c1-6-19(3,4)15-10-11-17(20-5)18(13-15)21-16-9-7-8-14(2)12-16/h7-9,12,15,17-18,20H,6,10-11,13H2,1-5H3. The fourth-order valence-electron chi connectivity index (χ4n) is 3.45. The van der Waals surface area contributed by atoms with E-state index in [4.69, 9.17) is 4.74 Å². The first kappa shape index (κ1) is 16.4. The SMILES string of the molecule is CCC(C)(C)C1CCC(NC)C(Oc2cccc(C)c2)C1. The fraction of sp³-hybridized carbons (Fsp3) is 0.684. The summed E-state index contributed by atoms with van der Waals surface area (Å²) in [6.07, 6.45) is 5.18. The molecule has 1 aromatic rings. The Balaban J connectivity index is 2.10. The Kier molecular flexibility index (Phi) is 5.32. The average Bonchev–Trinajstić information content (AvgIpc) is 2.47. The van der Waals surface area contributed by atoms with Crippen molar-refractivity contribution >= 4 is 0 Å². The van der Waals surface area contributed by atoms with Crippen LogP contribution in [0.3, 0.4) is 0 Å². The summed E-state index contributed by atoms with van der Waals surface area (Å²) in [6.45, 7) is 9.23. The Labute approximate surface area is 130 Å². The zero-order valence-electron chi connectivity index (χ0n) is 14.3. The summed E-state index contributed by atoms with van der Waals surface area (Å²) in [5.74, 6) is 1.76. The Morgan fingerprint density at radius 2 is 2.05 bits per heavy atom. The van der Waals surface area contributed by atoms with Crippen molar-refractivity contribution in [1.82, 2.24) is 5.32 Å². The Hall–Kier alpha value is -1.02. The van der Waals surface area contributed by atoms with Gasteiger partial charge in [-0.3, -0.25) is 0 Å². The van der Waals surface area contributed by atoms with E-state index in [-0.39, 0.29) is 6.10 Å². The van der Waals surface area contributed by atoms with Gasteiger partial charge in [0.1, 0.15) is 11.9 Å². The second kappa shape index (κ2) is 6.83. The van der Waals surface area contributed by atoms with Gasteiger partial charge in [-0.2, -0.15) is 0 Å². The quantitative estimate of drug-likeness (QED) is 0.857. The van der Waals surface area contributed by atoms with E-state index in [1.165, 1.54) is 24.8 Å². The first-order valence-electron chi connectivity index (χ1n) is 8.37. The lowest BCUT2D eigenvalue weighted by Gasteiger charge is -2.43. The molecule has 1 aromatic carbocycles. The molecule has 21 heavy (non-hydrogen) atoms. The predicted molar refractivity (Wildman–Crippen MR) is 89.9 cm³/mol. The number of ether oxygens (including phenoxy) is 1. The van der Waals surface area contributed by atoms with Crippen LogP contribution in [-0.4, -0.2) is 19.2 Å². The van der Waals surface area contributed by atoms with Crippen LogP contribution in [0.5, 0.6) is 5.75 Å². The third-order valence-electron chi connectivity index (χ3n) is 5.46. The molecule has 3 atom stereocenters. The molecule has 1 fully saturated rings. The number of hydrogen-bond donors (Lipinski definition) is 1. The summed E-state index contributed by atoms with van der Waals surface area (Å²) >= 11 is 0. The summed E-state index contributed by atoms with van der Waals surface area (Å²) in [4.78, 5) is 0. The zero-order valence-corrected chi connectivity index (χ0v) is 14.3. The van der Waals surface area contributed by atoms with Gasteiger partial charge in [-0.1, -0.05) is 39.3 Å².